The number of carbonyl (C=O) groups is 5. The van der Waals surface area contributed by atoms with Crippen molar-refractivity contribution in [2.24, 2.45) is 0 Å². The van der Waals surface area contributed by atoms with Gasteiger partial charge >= 0.3 is 0 Å². The number of aliphatic hydroxyl groups is 3. The molecule has 3 fully saturated rings. The van der Waals surface area contributed by atoms with Crippen LogP contribution in [-0.2, 0) is 33.4 Å². The lowest BCUT2D eigenvalue weighted by atomic mass is 9.73. The molecular weight excluding hydrogens is 951 g/mol. The third kappa shape index (κ3) is 35.9. The normalized spacial score (nSPS) is 16.2. The summed E-state index contributed by atoms with van der Waals surface area (Å²) in [7, 11) is 4.76. The Morgan fingerprint density at radius 3 is 1.20 bits per heavy atom. The number of ether oxygens (including phenoxy) is 4. The summed E-state index contributed by atoms with van der Waals surface area (Å²) in [6, 6.07) is 24.7. The van der Waals surface area contributed by atoms with Crippen LogP contribution in [0.15, 0.2) is 104 Å². The van der Waals surface area contributed by atoms with Gasteiger partial charge < -0.3 is 54.1 Å². The van der Waals surface area contributed by atoms with Crippen molar-refractivity contribution in [3.05, 3.63) is 132 Å². The average Bonchev–Trinajstić information content (AvgIpc) is 3.49. The zero-order valence-corrected chi connectivity index (χ0v) is 46.6. The number of unbranched alkanes of at least 4 members (excludes halogenated alkanes) is 6. The number of carbonyl (C=O) groups excluding carboxylic acids is 5. The maximum absolute atomic E-state index is 10.2. The first-order valence-corrected chi connectivity index (χ1v) is 26.1. The molecule has 0 aromatic heterocycles. The molecule has 3 aromatic rings. The molecule has 0 radical (unpaired) electrons. The van der Waals surface area contributed by atoms with Gasteiger partial charge in [-0.15, -0.1) is 6.58 Å². The van der Waals surface area contributed by atoms with E-state index in [9.17, 15) is 4.79 Å². The molecule has 6 rings (SSSR count). The van der Waals surface area contributed by atoms with Crippen molar-refractivity contribution in [2.45, 2.75) is 153 Å². The summed E-state index contributed by atoms with van der Waals surface area (Å²) in [5.41, 5.74) is 8.21. The van der Waals surface area contributed by atoms with E-state index in [0.29, 0.717) is 43.0 Å². The molecule has 0 spiro atoms. The monoisotopic (exact) mass is 1050 g/mol. The van der Waals surface area contributed by atoms with Crippen molar-refractivity contribution >= 4 is 39.3 Å². The van der Waals surface area contributed by atoms with Crippen molar-refractivity contribution in [3.63, 3.8) is 0 Å². The number of methoxy groups -OCH3 is 1. The first-order chi connectivity index (χ1) is 36.9. The Morgan fingerprint density at radius 1 is 0.547 bits per heavy atom. The Labute approximate surface area is 452 Å². The predicted octanol–water partition coefficient (Wildman–Crippen LogP) is 12.8. The van der Waals surface area contributed by atoms with Gasteiger partial charge in [-0.1, -0.05) is 67.6 Å². The third-order valence-electron chi connectivity index (χ3n) is 12.5. The van der Waals surface area contributed by atoms with Crippen LogP contribution in [0.1, 0.15) is 180 Å². The summed E-state index contributed by atoms with van der Waals surface area (Å²) in [5, 5.41) is 29.3. The van der Waals surface area contributed by atoms with Crippen LogP contribution in [0.2, 0.25) is 0 Å². The van der Waals surface area contributed by atoms with Gasteiger partial charge in [0.2, 0.25) is 0 Å². The largest absolute Gasteiger partial charge is 0.494 e. The van der Waals surface area contributed by atoms with E-state index in [1.54, 1.807) is 19.4 Å². The second-order valence-electron chi connectivity index (χ2n) is 17.1. The maximum Gasteiger partial charge on any atom is 0.293 e. The predicted molar refractivity (Wildman–Crippen MR) is 308 cm³/mol. The van der Waals surface area contributed by atoms with Crippen LogP contribution in [0, 0.1) is 5.41 Å². The fourth-order valence-electron chi connectivity index (χ4n) is 8.71. The molecule has 3 aromatic carbocycles. The maximum atomic E-state index is 10.2. The molecule has 13 nitrogen and oxygen atoms in total. The van der Waals surface area contributed by atoms with E-state index in [-0.39, 0.29) is 0 Å². The van der Waals surface area contributed by atoms with Crippen molar-refractivity contribution in [1.29, 1.82) is 5.41 Å². The lowest BCUT2D eigenvalue weighted by Crippen LogP contribution is -2.15. The highest BCUT2D eigenvalue weighted by Gasteiger charge is 2.27. The van der Waals surface area contributed by atoms with Crippen LogP contribution in [0.25, 0.3) is 0 Å². The highest BCUT2D eigenvalue weighted by Crippen LogP contribution is 2.44. The minimum Gasteiger partial charge on any atom is -0.494 e. The molecule has 0 amide bonds. The summed E-state index contributed by atoms with van der Waals surface area (Å²) in [6.07, 6.45) is 27.4. The molecule has 13 heteroatoms. The van der Waals surface area contributed by atoms with E-state index in [0.717, 1.165) is 96.7 Å². The Hall–Kier alpha value is -5.86. The van der Waals surface area contributed by atoms with Crippen LogP contribution >= 0.6 is 0 Å². The molecule has 75 heavy (non-hydrogen) atoms. The van der Waals surface area contributed by atoms with Gasteiger partial charge in [-0.3, -0.25) is 9.59 Å². The SMILES string of the molecule is C=C1CCC1.C=CC.C=CC=O.C=O.C=O.C=O.CO.CO.CO.COCCCCCCOc1ccc(C2CCC(c3ccc(C4CCC(c5ccc(OCCCCCCOC=O)cc5)CC4)cc3C=N)CC2)cc1. The molecule has 0 saturated heterocycles. The van der Waals surface area contributed by atoms with Gasteiger partial charge in [0.1, 0.15) is 38.2 Å². The van der Waals surface area contributed by atoms with E-state index < -0.39 is 0 Å². The van der Waals surface area contributed by atoms with Gasteiger partial charge in [-0.2, -0.15) is 0 Å². The van der Waals surface area contributed by atoms with Gasteiger partial charge in [0.05, 0.1) is 19.8 Å². The number of aldehydes is 1. The first kappa shape index (κ1) is 75.7. The number of aliphatic hydroxyl groups excluding tert-OH is 3. The molecule has 0 bridgehead atoms. The molecule has 3 aliphatic rings. The molecule has 3 aliphatic carbocycles. The standard InChI is InChI=1S/C45H61NO5.C5H8.C3H4O.C3H6.3CH4O.3CH2O/c1-48-28-6-2-4-8-30-50-44-25-20-38(21-26-44)36-14-16-40(17-15-36)45-27-22-41(32-42(45)33-46)39-12-10-35(11-13-39)37-18-23-43(24-19-37)51-31-9-5-3-7-29-49-34-47;1-5-3-2-4-5;1-2-3-4;1-3-2;6*1-2/h18-27,32-36,39-40,46H,2-17,28-31H2,1H3;1-4H2;2-3H,1H2;3H,1H2,2H3;3*2H,1H3;3*1H2. The van der Waals surface area contributed by atoms with Crippen molar-refractivity contribution in [3.8, 4) is 11.5 Å². The molecule has 0 unspecified atom stereocenters. The zero-order chi connectivity index (χ0) is 57.3. The number of nitrogens with one attached hydrogen (secondary N) is 1. The number of hydrogen-bond donors (Lipinski definition) is 4. The van der Waals surface area contributed by atoms with Gasteiger partial charge in [0.25, 0.3) is 6.47 Å². The minimum absolute atomic E-state index is 0.511. The molecule has 422 valence electrons. The number of hydrogen-bond acceptors (Lipinski definition) is 13. The topological polar surface area (TPSA) is 207 Å². The molecule has 0 aliphatic heterocycles. The Bertz CT molecular complexity index is 1770. The van der Waals surface area contributed by atoms with Crippen molar-refractivity contribution < 1.29 is 58.2 Å². The smallest absolute Gasteiger partial charge is 0.293 e. The Morgan fingerprint density at radius 2 is 0.880 bits per heavy atom. The van der Waals surface area contributed by atoms with Gasteiger partial charge in [-0.25, -0.2) is 0 Å². The van der Waals surface area contributed by atoms with E-state index in [1.165, 1.54) is 117 Å². The van der Waals surface area contributed by atoms with E-state index in [1.807, 2.05) is 27.3 Å². The summed E-state index contributed by atoms with van der Waals surface area (Å²) in [5.74, 6) is 4.24. The summed E-state index contributed by atoms with van der Waals surface area (Å²) in [4.78, 5) is 43.3. The molecule has 0 atom stereocenters. The highest BCUT2D eigenvalue weighted by atomic mass is 16.5. The zero-order valence-electron chi connectivity index (χ0n) is 46.6. The number of benzene rings is 3. The summed E-state index contributed by atoms with van der Waals surface area (Å²) < 4.78 is 21.8. The van der Waals surface area contributed by atoms with E-state index >= 15 is 0 Å². The molecule has 0 heterocycles. The van der Waals surface area contributed by atoms with Gasteiger partial charge in [-0.05, 0) is 210 Å². The van der Waals surface area contributed by atoms with Crippen LogP contribution in [0.5, 0.6) is 11.5 Å². The molecule has 3 saturated carbocycles. The third-order valence-corrected chi connectivity index (χ3v) is 12.5. The summed E-state index contributed by atoms with van der Waals surface area (Å²) in [6.45, 7) is 21.5. The fraction of sp³-hybridized carbons (Fsp3) is 0.516. The van der Waals surface area contributed by atoms with E-state index in [4.69, 9.17) is 58.9 Å². The van der Waals surface area contributed by atoms with Crippen molar-refractivity contribution in [2.75, 3.05) is 54.9 Å². The second-order valence-corrected chi connectivity index (χ2v) is 17.1. The number of rotatable bonds is 23. The number of allylic oxidation sites excluding steroid dienone is 3. The molecular formula is C62H97NO12. The van der Waals surface area contributed by atoms with Crippen LogP contribution in [0.3, 0.4) is 0 Å². The van der Waals surface area contributed by atoms with Crippen molar-refractivity contribution in [1.82, 2.24) is 0 Å². The Kier molecular flexibility index (Phi) is 57.9. The first-order valence-electron chi connectivity index (χ1n) is 26.1. The second kappa shape index (κ2) is 57.4. The van der Waals surface area contributed by atoms with Gasteiger partial charge in [0, 0.05) is 41.3 Å². The lowest BCUT2D eigenvalue weighted by molar-refractivity contribution is -0.128. The fourth-order valence-corrected chi connectivity index (χ4v) is 8.71. The van der Waals surface area contributed by atoms with Gasteiger partial charge in [0.15, 0.2) is 0 Å². The quantitative estimate of drug-likeness (QED) is 0.0230. The minimum atomic E-state index is 0.511. The van der Waals surface area contributed by atoms with E-state index in [2.05, 4.69) is 86.5 Å². The van der Waals surface area contributed by atoms with Crippen LogP contribution in [-0.4, -0.2) is 110 Å². The summed E-state index contributed by atoms with van der Waals surface area (Å²) >= 11 is 0. The van der Waals surface area contributed by atoms with Crippen LogP contribution < -0.4 is 9.47 Å². The molecule has 4 N–H and O–H groups in total. The Balaban J connectivity index is -0.000000893. The average molecular weight is 1050 g/mol. The lowest BCUT2D eigenvalue weighted by Gasteiger charge is -2.31. The highest BCUT2D eigenvalue weighted by molar-refractivity contribution is 5.80. The van der Waals surface area contributed by atoms with Crippen LogP contribution in [0.4, 0.5) is 0 Å².